The monoisotopic (exact) mass is 321 g/mol. The molecule has 1 aromatic heterocycles. The molecule has 0 aliphatic rings. The molecule has 0 N–H and O–H groups in total. The molecule has 1 atom stereocenters. The number of carbonyl (C=O) groups excluding carboxylic acids is 1. The van der Waals surface area contributed by atoms with Gasteiger partial charge in [0.05, 0.1) is 0 Å². The first kappa shape index (κ1) is 17.0. The van der Waals surface area contributed by atoms with Crippen LogP contribution in [0.5, 0.6) is 0 Å². The van der Waals surface area contributed by atoms with E-state index in [4.69, 9.17) is 10.7 Å². The number of nitrogens with zero attached hydrogens (tertiary/aromatic N) is 3. The van der Waals surface area contributed by atoms with Crippen molar-refractivity contribution in [3.63, 3.8) is 0 Å². The second-order valence-corrected chi connectivity index (χ2v) is 6.89. The Bertz CT molecular complexity index is 579. The summed E-state index contributed by atoms with van der Waals surface area (Å²) in [5.74, 6) is 0.456. The van der Waals surface area contributed by atoms with Crippen LogP contribution in [0.15, 0.2) is 11.2 Å². The van der Waals surface area contributed by atoms with Gasteiger partial charge in [-0.15, -0.1) is 0 Å². The highest BCUT2D eigenvalue weighted by Crippen LogP contribution is 2.20. The Hall–Kier alpha value is -1.08. The van der Waals surface area contributed by atoms with Crippen molar-refractivity contribution in [2.45, 2.75) is 45.2 Å². The lowest BCUT2D eigenvalue weighted by Crippen LogP contribution is -2.36. The molecule has 0 aliphatic carbocycles. The molecule has 0 fully saturated rings. The van der Waals surface area contributed by atoms with E-state index in [1.54, 1.807) is 16.4 Å². The Kier molecular flexibility index (Phi) is 5.59. The fourth-order valence-electron chi connectivity index (χ4n) is 2.04. The van der Waals surface area contributed by atoms with Crippen LogP contribution in [0.2, 0.25) is 0 Å². The summed E-state index contributed by atoms with van der Waals surface area (Å²) in [6, 6.07) is -0.510. The minimum absolute atomic E-state index is 0.0689. The zero-order chi connectivity index (χ0) is 15.5. The number of halogens is 1. The average molecular weight is 322 g/mol. The number of imidazole rings is 1. The predicted molar refractivity (Wildman–Crippen MR) is 77.3 cm³/mol. The molecular weight excluding hydrogens is 302 g/mol. The minimum atomic E-state index is -3.89. The summed E-state index contributed by atoms with van der Waals surface area (Å²) in [6.07, 6.45) is 1.84. The van der Waals surface area contributed by atoms with Gasteiger partial charge in [-0.05, 0) is 20.8 Å². The molecule has 0 aromatic carbocycles. The predicted octanol–water partition coefficient (Wildman–Crippen LogP) is 1.80. The third-order valence-electron chi connectivity index (χ3n) is 3.20. The van der Waals surface area contributed by atoms with Crippen molar-refractivity contribution in [3.05, 3.63) is 12.0 Å². The van der Waals surface area contributed by atoms with E-state index < -0.39 is 15.1 Å². The number of likely N-dealkylation sites (N-methyl/N-ethyl adjacent to an activating group) is 1. The van der Waals surface area contributed by atoms with E-state index in [0.29, 0.717) is 25.3 Å². The maximum absolute atomic E-state index is 12.3. The molecule has 0 aliphatic heterocycles. The Morgan fingerprint density at radius 1 is 1.40 bits per heavy atom. The van der Waals surface area contributed by atoms with Crippen LogP contribution in [0.1, 0.15) is 39.6 Å². The molecule has 1 aromatic rings. The third-order valence-corrected chi connectivity index (χ3v) is 4.37. The highest BCUT2D eigenvalue weighted by atomic mass is 35.7. The van der Waals surface area contributed by atoms with Crippen molar-refractivity contribution in [2.24, 2.45) is 0 Å². The first-order chi connectivity index (χ1) is 9.26. The quantitative estimate of drug-likeness (QED) is 0.749. The minimum Gasteiger partial charge on any atom is -0.341 e. The van der Waals surface area contributed by atoms with E-state index in [0.717, 1.165) is 0 Å². The molecule has 1 amide bonds. The lowest BCUT2D eigenvalue weighted by atomic mass is 10.2. The Morgan fingerprint density at radius 2 is 1.95 bits per heavy atom. The van der Waals surface area contributed by atoms with Gasteiger partial charge in [0.1, 0.15) is 11.9 Å². The largest absolute Gasteiger partial charge is 0.341 e. The van der Waals surface area contributed by atoms with Crippen LogP contribution >= 0.6 is 10.7 Å². The number of hydrogen-bond acceptors (Lipinski definition) is 4. The molecule has 6 nitrogen and oxygen atoms in total. The zero-order valence-corrected chi connectivity index (χ0v) is 13.7. The molecule has 1 heterocycles. The molecule has 0 bridgehead atoms. The fourth-order valence-corrected chi connectivity index (χ4v) is 2.72. The van der Waals surface area contributed by atoms with Crippen molar-refractivity contribution >= 4 is 25.6 Å². The van der Waals surface area contributed by atoms with Gasteiger partial charge in [-0.3, -0.25) is 4.79 Å². The van der Waals surface area contributed by atoms with Crippen molar-refractivity contribution in [2.75, 3.05) is 13.1 Å². The molecule has 0 saturated heterocycles. The molecule has 0 spiro atoms. The molecule has 1 unspecified atom stereocenters. The van der Waals surface area contributed by atoms with Gasteiger partial charge in [0, 0.05) is 36.4 Å². The van der Waals surface area contributed by atoms with Crippen molar-refractivity contribution in [1.29, 1.82) is 0 Å². The molecule has 8 heteroatoms. The van der Waals surface area contributed by atoms with Crippen LogP contribution in [0.3, 0.4) is 0 Å². The SMILES string of the molecule is CCc1nc(S(=O)(=O)Cl)cn1C(C)C(=O)N(CC)CC. The van der Waals surface area contributed by atoms with Crippen molar-refractivity contribution in [3.8, 4) is 0 Å². The molecule has 0 saturated carbocycles. The van der Waals surface area contributed by atoms with Gasteiger partial charge in [-0.25, -0.2) is 13.4 Å². The third kappa shape index (κ3) is 3.52. The number of aryl methyl sites for hydroxylation is 1. The fraction of sp³-hybridized carbons (Fsp3) is 0.667. The maximum atomic E-state index is 12.3. The van der Waals surface area contributed by atoms with E-state index in [9.17, 15) is 13.2 Å². The van der Waals surface area contributed by atoms with E-state index in [-0.39, 0.29) is 10.9 Å². The van der Waals surface area contributed by atoms with Crippen LogP contribution in [0, 0.1) is 0 Å². The van der Waals surface area contributed by atoms with Crippen LogP contribution in [-0.4, -0.2) is 41.9 Å². The molecular formula is C12H20ClN3O3S. The standard InChI is InChI=1S/C12H20ClN3O3S/c1-5-10-14-11(20(13,18)19)8-16(10)9(4)12(17)15(6-2)7-3/h8-9H,5-7H2,1-4H3. The Morgan fingerprint density at radius 3 is 2.35 bits per heavy atom. The summed E-state index contributed by atoms with van der Waals surface area (Å²) < 4.78 is 24.3. The second kappa shape index (κ2) is 6.58. The summed E-state index contributed by atoms with van der Waals surface area (Å²) in [5.41, 5.74) is 0. The topological polar surface area (TPSA) is 72.3 Å². The number of amides is 1. The lowest BCUT2D eigenvalue weighted by Gasteiger charge is -2.24. The van der Waals surface area contributed by atoms with E-state index in [2.05, 4.69) is 4.98 Å². The van der Waals surface area contributed by atoms with Gasteiger partial charge in [-0.1, -0.05) is 6.92 Å². The van der Waals surface area contributed by atoms with Gasteiger partial charge in [-0.2, -0.15) is 0 Å². The highest BCUT2D eigenvalue weighted by molar-refractivity contribution is 8.13. The molecule has 114 valence electrons. The number of hydrogen-bond donors (Lipinski definition) is 0. The highest BCUT2D eigenvalue weighted by Gasteiger charge is 2.25. The summed E-state index contributed by atoms with van der Waals surface area (Å²) >= 11 is 0. The van der Waals surface area contributed by atoms with Crippen molar-refractivity contribution in [1.82, 2.24) is 14.5 Å². The Balaban J connectivity index is 3.18. The number of aromatic nitrogens is 2. The first-order valence-corrected chi connectivity index (χ1v) is 8.88. The second-order valence-electron chi connectivity index (χ2n) is 4.38. The molecule has 0 radical (unpaired) electrons. The lowest BCUT2D eigenvalue weighted by molar-refractivity contribution is -0.133. The molecule has 20 heavy (non-hydrogen) atoms. The van der Waals surface area contributed by atoms with Crippen molar-refractivity contribution < 1.29 is 13.2 Å². The van der Waals surface area contributed by atoms with Gasteiger partial charge in [0.15, 0.2) is 5.03 Å². The van der Waals surface area contributed by atoms with Gasteiger partial charge < -0.3 is 9.47 Å². The number of carbonyl (C=O) groups is 1. The van der Waals surface area contributed by atoms with Gasteiger partial charge in [0.25, 0.3) is 9.05 Å². The van der Waals surface area contributed by atoms with E-state index >= 15 is 0 Å². The number of rotatable bonds is 6. The summed E-state index contributed by atoms with van der Waals surface area (Å²) in [5, 5.41) is -0.213. The first-order valence-electron chi connectivity index (χ1n) is 6.57. The zero-order valence-electron chi connectivity index (χ0n) is 12.1. The summed E-state index contributed by atoms with van der Waals surface area (Å²) in [7, 11) is 1.41. The summed E-state index contributed by atoms with van der Waals surface area (Å²) in [6.45, 7) is 8.59. The van der Waals surface area contributed by atoms with E-state index in [1.807, 2.05) is 20.8 Å². The van der Waals surface area contributed by atoms with Crippen LogP contribution in [0.25, 0.3) is 0 Å². The van der Waals surface area contributed by atoms with Crippen LogP contribution in [-0.2, 0) is 20.3 Å². The smallest absolute Gasteiger partial charge is 0.280 e. The summed E-state index contributed by atoms with van der Waals surface area (Å²) in [4.78, 5) is 18.0. The van der Waals surface area contributed by atoms with Gasteiger partial charge in [0.2, 0.25) is 5.91 Å². The van der Waals surface area contributed by atoms with Crippen LogP contribution < -0.4 is 0 Å². The van der Waals surface area contributed by atoms with Gasteiger partial charge >= 0.3 is 0 Å². The average Bonchev–Trinajstić information content (AvgIpc) is 2.83. The van der Waals surface area contributed by atoms with E-state index in [1.165, 1.54) is 6.20 Å². The molecule has 1 rings (SSSR count). The Labute approximate surface area is 124 Å². The maximum Gasteiger partial charge on any atom is 0.280 e. The van der Waals surface area contributed by atoms with Crippen LogP contribution in [0.4, 0.5) is 0 Å². The normalized spacial score (nSPS) is 13.2.